The molecule has 0 aromatic heterocycles. The van der Waals surface area contributed by atoms with E-state index < -0.39 is 5.97 Å². The third kappa shape index (κ3) is 17.1. The van der Waals surface area contributed by atoms with Crippen molar-refractivity contribution >= 4 is 35.5 Å². The molecule has 1 radical (unpaired) electrons. The van der Waals surface area contributed by atoms with Gasteiger partial charge in [0.05, 0.1) is 6.42 Å². The molecule has 85 valence electrons. The predicted octanol–water partition coefficient (Wildman–Crippen LogP) is 2.03. The predicted molar refractivity (Wildman–Crippen MR) is 64.3 cm³/mol. The minimum atomic E-state index is -0.722. The summed E-state index contributed by atoms with van der Waals surface area (Å²) in [7, 11) is 0. The maximum absolute atomic E-state index is 10.2. The fourth-order valence-corrected chi connectivity index (χ4v) is 1.35. The zero-order chi connectivity index (χ0) is 10.6. The van der Waals surface area contributed by atoms with Crippen molar-refractivity contribution < 1.29 is 9.90 Å². The van der Waals surface area contributed by atoms with E-state index in [0.29, 0.717) is 6.54 Å². The number of carboxylic acids is 1. The van der Waals surface area contributed by atoms with Crippen LogP contribution >= 0.6 is 0 Å². The summed E-state index contributed by atoms with van der Waals surface area (Å²) < 4.78 is 0. The normalized spacial score (nSPS) is 9.67. The Hall–Kier alpha value is 0.430. The van der Waals surface area contributed by atoms with Crippen molar-refractivity contribution in [3.63, 3.8) is 0 Å². The standard InChI is InChI=1S/C11H23NO2.Na/c1-2-3-4-5-6-7-9-12-10-8-11(13)14;/h12H,2-10H2,1H3,(H,13,14);. The van der Waals surface area contributed by atoms with Gasteiger partial charge in [0.15, 0.2) is 0 Å². The smallest absolute Gasteiger partial charge is 0.304 e. The molecule has 0 aromatic carbocycles. The minimum Gasteiger partial charge on any atom is -0.481 e. The Morgan fingerprint density at radius 3 is 2.27 bits per heavy atom. The van der Waals surface area contributed by atoms with E-state index in [1.54, 1.807) is 0 Å². The van der Waals surface area contributed by atoms with Gasteiger partial charge in [-0.15, -0.1) is 0 Å². The van der Waals surface area contributed by atoms with Gasteiger partial charge < -0.3 is 10.4 Å². The second-order valence-corrected chi connectivity index (χ2v) is 3.66. The Labute approximate surface area is 115 Å². The Bertz CT molecular complexity index is 143. The van der Waals surface area contributed by atoms with E-state index in [2.05, 4.69) is 12.2 Å². The summed E-state index contributed by atoms with van der Waals surface area (Å²) in [6.45, 7) is 3.77. The first-order valence-corrected chi connectivity index (χ1v) is 5.70. The summed E-state index contributed by atoms with van der Waals surface area (Å²) in [5, 5.41) is 11.5. The van der Waals surface area contributed by atoms with Crippen molar-refractivity contribution in [3.05, 3.63) is 0 Å². The number of hydrogen-bond donors (Lipinski definition) is 2. The molecule has 0 saturated carbocycles. The van der Waals surface area contributed by atoms with Crippen molar-refractivity contribution in [1.82, 2.24) is 5.32 Å². The summed E-state index contributed by atoms with van der Waals surface area (Å²) in [5.41, 5.74) is 0. The number of unbranched alkanes of at least 4 members (excludes halogenated alkanes) is 5. The topological polar surface area (TPSA) is 49.3 Å². The van der Waals surface area contributed by atoms with Gasteiger partial charge in [-0.3, -0.25) is 4.79 Å². The summed E-state index contributed by atoms with van der Waals surface area (Å²) in [5.74, 6) is -0.722. The van der Waals surface area contributed by atoms with Gasteiger partial charge in [0.2, 0.25) is 0 Å². The molecule has 0 unspecified atom stereocenters. The minimum absolute atomic E-state index is 0. The molecule has 0 bridgehead atoms. The molecule has 0 saturated heterocycles. The largest absolute Gasteiger partial charge is 0.481 e. The van der Waals surface area contributed by atoms with Gasteiger partial charge in [0.25, 0.3) is 0 Å². The van der Waals surface area contributed by atoms with Crippen LogP contribution in [0.4, 0.5) is 0 Å². The molecule has 2 N–H and O–H groups in total. The van der Waals surface area contributed by atoms with Crippen LogP contribution in [0.2, 0.25) is 0 Å². The van der Waals surface area contributed by atoms with E-state index in [1.165, 1.54) is 38.5 Å². The van der Waals surface area contributed by atoms with E-state index in [0.717, 1.165) is 6.54 Å². The van der Waals surface area contributed by atoms with Gasteiger partial charge in [0, 0.05) is 36.1 Å². The van der Waals surface area contributed by atoms with E-state index in [9.17, 15) is 4.79 Å². The molecule has 0 heterocycles. The molecule has 4 heteroatoms. The summed E-state index contributed by atoms with van der Waals surface area (Å²) in [4.78, 5) is 10.2. The van der Waals surface area contributed by atoms with Gasteiger partial charge in [-0.25, -0.2) is 0 Å². The fraction of sp³-hybridized carbons (Fsp3) is 0.909. The molecule has 0 aliphatic heterocycles. The molecule has 3 nitrogen and oxygen atoms in total. The van der Waals surface area contributed by atoms with Crippen LogP contribution in [0.25, 0.3) is 0 Å². The van der Waals surface area contributed by atoms with Crippen LogP contribution in [0.5, 0.6) is 0 Å². The molecular formula is C11H23NNaO2. The van der Waals surface area contributed by atoms with Gasteiger partial charge in [-0.2, -0.15) is 0 Å². The zero-order valence-electron chi connectivity index (χ0n) is 10.2. The molecule has 0 aliphatic rings. The maximum atomic E-state index is 10.2. The molecule has 15 heavy (non-hydrogen) atoms. The first-order chi connectivity index (χ1) is 6.77. The van der Waals surface area contributed by atoms with Crippen molar-refractivity contribution in [2.45, 2.75) is 51.9 Å². The second-order valence-electron chi connectivity index (χ2n) is 3.66. The van der Waals surface area contributed by atoms with E-state index >= 15 is 0 Å². The third-order valence-corrected chi connectivity index (χ3v) is 2.22. The summed E-state index contributed by atoms with van der Waals surface area (Å²) >= 11 is 0. The Morgan fingerprint density at radius 1 is 1.07 bits per heavy atom. The van der Waals surface area contributed by atoms with Crippen LogP contribution in [-0.2, 0) is 4.79 Å². The van der Waals surface area contributed by atoms with Crippen LogP contribution in [0.3, 0.4) is 0 Å². The first-order valence-electron chi connectivity index (χ1n) is 5.70. The monoisotopic (exact) mass is 224 g/mol. The number of rotatable bonds is 10. The van der Waals surface area contributed by atoms with Crippen LogP contribution in [0, 0.1) is 0 Å². The first kappa shape index (κ1) is 17.8. The molecule has 0 rings (SSSR count). The van der Waals surface area contributed by atoms with Crippen molar-refractivity contribution in [1.29, 1.82) is 0 Å². The fourth-order valence-electron chi connectivity index (χ4n) is 1.35. The summed E-state index contributed by atoms with van der Waals surface area (Å²) in [6.07, 6.45) is 7.95. The van der Waals surface area contributed by atoms with Crippen LogP contribution < -0.4 is 5.32 Å². The van der Waals surface area contributed by atoms with Gasteiger partial charge in [-0.05, 0) is 13.0 Å². The molecule has 0 fully saturated rings. The van der Waals surface area contributed by atoms with Crippen LogP contribution in [0.15, 0.2) is 0 Å². The summed E-state index contributed by atoms with van der Waals surface area (Å²) in [6, 6.07) is 0. The van der Waals surface area contributed by atoms with Crippen molar-refractivity contribution in [2.75, 3.05) is 13.1 Å². The molecule has 0 atom stereocenters. The second kappa shape index (κ2) is 14.4. The number of aliphatic carboxylic acids is 1. The van der Waals surface area contributed by atoms with Crippen LogP contribution in [0.1, 0.15) is 51.9 Å². The van der Waals surface area contributed by atoms with Gasteiger partial charge in [-0.1, -0.05) is 39.0 Å². The number of carboxylic acid groups (broad SMARTS) is 1. The number of carbonyl (C=O) groups is 1. The van der Waals surface area contributed by atoms with Crippen LogP contribution in [-0.4, -0.2) is 53.7 Å². The average molecular weight is 224 g/mol. The molecule has 0 aromatic rings. The maximum Gasteiger partial charge on any atom is 0.304 e. The molecule has 0 amide bonds. The zero-order valence-corrected chi connectivity index (χ0v) is 12.2. The quantitative estimate of drug-likeness (QED) is 0.441. The molecule has 0 spiro atoms. The Balaban J connectivity index is 0. The van der Waals surface area contributed by atoms with Crippen molar-refractivity contribution in [2.24, 2.45) is 0 Å². The Morgan fingerprint density at radius 2 is 1.67 bits per heavy atom. The van der Waals surface area contributed by atoms with E-state index in [-0.39, 0.29) is 36.0 Å². The third-order valence-electron chi connectivity index (χ3n) is 2.22. The van der Waals surface area contributed by atoms with Gasteiger partial charge >= 0.3 is 5.97 Å². The van der Waals surface area contributed by atoms with E-state index in [4.69, 9.17) is 5.11 Å². The SMILES string of the molecule is CCCCCCCCNCCC(=O)O.[Na]. The van der Waals surface area contributed by atoms with Gasteiger partial charge in [0.1, 0.15) is 0 Å². The number of hydrogen-bond acceptors (Lipinski definition) is 2. The molecular weight excluding hydrogens is 201 g/mol. The Kier molecular flexibility index (Phi) is 17.1. The number of nitrogens with one attached hydrogen (secondary N) is 1. The van der Waals surface area contributed by atoms with E-state index in [1.807, 2.05) is 0 Å². The average Bonchev–Trinajstić information content (AvgIpc) is 2.15. The molecule has 0 aliphatic carbocycles. The van der Waals surface area contributed by atoms with Crippen molar-refractivity contribution in [3.8, 4) is 0 Å².